The van der Waals surface area contributed by atoms with Gasteiger partial charge in [0.1, 0.15) is 11.5 Å². The Balaban J connectivity index is 2.23. The highest BCUT2D eigenvalue weighted by Gasteiger charge is 2.09. The Morgan fingerprint density at radius 1 is 0.952 bits per heavy atom. The standard InChI is InChI=1S/C18H23NO2/c1-12-6-9-17(20-4)15(10-12)11-19-16-8-7-13(2)18(21-5)14(16)3/h6-10,19H,11H2,1-5H3. The van der Waals surface area contributed by atoms with Crippen molar-refractivity contribution in [1.82, 2.24) is 0 Å². The van der Waals surface area contributed by atoms with Gasteiger partial charge < -0.3 is 14.8 Å². The van der Waals surface area contributed by atoms with Gasteiger partial charge in [-0.3, -0.25) is 0 Å². The quantitative estimate of drug-likeness (QED) is 0.891. The van der Waals surface area contributed by atoms with Crippen molar-refractivity contribution in [2.45, 2.75) is 27.3 Å². The first-order valence-corrected chi connectivity index (χ1v) is 7.08. The van der Waals surface area contributed by atoms with Crippen LogP contribution in [-0.2, 0) is 6.54 Å². The molecular formula is C18H23NO2. The third-order valence-corrected chi connectivity index (χ3v) is 3.71. The first-order chi connectivity index (χ1) is 10.1. The first kappa shape index (κ1) is 15.2. The number of aryl methyl sites for hydroxylation is 2. The second-order valence-corrected chi connectivity index (χ2v) is 5.26. The van der Waals surface area contributed by atoms with Crippen molar-refractivity contribution >= 4 is 5.69 Å². The van der Waals surface area contributed by atoms with Crippen LogP contribution in [0.1, 0.15) is 22.3 Å². The van der Waals surface area contributed by atoms with Crippen LogP contribution in [0, 0.1) is 20.8 Å². The summed E-state index contributed by atoms with van der Waals surface area (Å²) in [5.74, 6) is 1.85. The van der Waals surface area contributed by atoms with E-state index in [0.717, 1.165) is 40.4 Å². The van der Waals surface area contributed by atoms with Crippen LogP contribution in [-0.4, -0.2) is 14.2 Å². The second kappa shape index (κ2) is 6.53. The molecule has 1 N–H and O–H groups in total. The van der Waals surface area contributed by atoms with E-state index in [-0.39, 0.29) is 0 Å². The first-order valence-electron chi connectivity index (χ1n) is 7.08. The topological polar surface area (TPSA) is 30.5 Å². The van der Waals surface area contributed by atoms with Crippen LogP contribution in [0.5, 0.6) is 11.5 Å². The Morgan fingerprint density at radius 2 is 1.71 bits per heavy atom. The highest BCUT2D eigenvalue weighted by atomic mass is 16.5. The Morgan fingerprint density at radius 3 is 2.38 bits per heavy atom. The number of hydrogen-bond donors (Lipinski definition) is 1. The summed E-state index contributed by atoms with van der Waals surface area (Å²) in [6.07, 6.45) is 0. The molecule has 21 heavy (non-hydrogen) atoms. The lowest BCUT2D eigenvalue weighted by molar-refractivity contribution is 0.408. The fraction of sp³-hybridized carbons (Fsp3) is 0.333. The summed E-state index contributed by atoms with van der Waals surface area (Å²) in [6, 6.07) is 10.4. The Hall–Kier alpha value is -2.16. The molecule has 0 aliphatic heterocycles. The van der Waals surface area contributed by atoms with Crippen LogP contribution in [0.15, 0.2) is 30.3 Å². The smallest absolute Gasteiger partial charge is 0.126 e. The van der Waals surface area contributed by atoms with Gasteiger partial charge in [-0.2, -0.15) is 0 Å². The summed E-state index contributed by atoms with van der Waals surface area (Å²) in [5.41, 5.74) is 5.74. The summed E-state index contributed by atoms with van der Waals surface area (Å²) >= 11 is 0. The molecule has 3 nitrogen and oxygen atoms in total. The number of hydrogen-bond acceptors (Lipinski definition) is 3. The van der Waals surface area contributed by atoms with Crippen LogP contribution in [0.2, 0.25) is 0 Å². The predicted molar refractivity (Wildman–Crippen MR) is 87.5 cm³/mol. The number of methoxy groups -OCH3 is 2. The van der Waals surface area contributed by atoms with Gasteiger partial charge in [-0.25, -0.2) is 0 Å². The van der Waals surface area contributed by atoms with Crippen LogP contribution < -0.4 is 14.8 Å². The lowest BCUT2D eigenvalue weighted by Crippen LogP contribution is -2.04. The van der Waals surface area contributed by atoms with Gasteiger partial charge in [-0.15, -0.1) is 0 Å². The zero-order valence-corrected chi connectivity index (χ0v) is 13.4. The largest absolute Gasteiger partial charge is 0.496 e. The molecule has 0 heterocycles. The third kappa shape index (κ3) is 3.30. The van der Waals surface area contributed by atoms with E-state index in [1.165, 1.54) is 5.56 Å². The molecule has 0 saturated heterocycles. The maximum atomic E-state index is 5.47. The molecule has 0 fully saturated rings. The van der Waals surface area contributed by atoms with Gasteiger partial charge in [-0.05, 0) is 38.5 Å². The lowest BCUT2D eigenvalue weighted by Gasteiger charge is -2.16. The number of nitrogens with one attached hydrogen (secondary N) is 1. The van der Waals surface area contributed by atoms with E-state index in [2.05, 4.69) is 50.4 Å². The maximum Gasteiger partial charge on any atom is 0.126 e. The van der Waals surface area contributed by atoms with Gasteiger partial charge in [0.05, 0.1) is 14.2 Å². The minimum absolute atomic E-state index is 0.720. The molecule has 2 aromatic rings. The van der Waals surface area contributed by atoms with Crippen LogP contribution >= 0.6 is 0 Å². The normalized spacial score (nSPS) is 10.3. The molecule has 2 rings (SSSR count). The van der Waals surface area contributed by atoms with Crippen molar-refractivity contribution < 1.29 is 9.47 Å². The van der Waals surface area contributed by atoms with E-state index in [1.54, 1.807) is 14.2 Å². The van der Waals surface area contributed by atoms with Gasteiger partial charge in [-0.1, -0.05) is 23.8 Å². The summed E-state index contributed by atoms with van der Waals surface area (Å²) in [4.78, 5) is 0. The Kier molecular flexibility index (Phi) is 4.73. The Labute approximate surface area is 126 Å². The van der Waals surface area contributed by atoms with Gasteiger partial charge in [0.2, 0.25) is 0 Å². The molecule has 112 valence electrons. The minimum Gasteiger partial charge on any atom is -0.496 e. The summed E-state index contributed by atoms with van der Waals surface area (Å²) in [7, 11) is 3.41. The molecule has 0 aromatic heterocycles. The van der Waals surface area contributed by atoms with Crippen molar-refractivity contribution in [2.75, 3.05) is 19.5 Å². The monoisotopic (exact) mass is 285 g/mol. The van der Waals surface area contributed by atoms with Gasteiger partial charge in [0.25, 0.3) is 0 Å². The third-order valence-electron chi connectivity index (χ3n) is 3.71. The van der Waals surface area contributed by atoms with E-state index in [1.807, 2.05) is 6.07 Å². The van der Waals surface area contributed by atoms with E-state index in [4.69, 9.17) is 9.47 Å². The Bertz CT molecular complexity index is 635. The zero-order chi connectivity index (χ0) is 15.4. The fourth-order valence-corrected chi connectivity index (χ4v) is 2.57. The van der Waals surface area contributed by atoms with E-state index < -0.39 is 0 Å². The van der Waals surface area contributed by atoms with Crippen LogP contribution in [0.4, 0.5) is 5.69 Å². The summed E-state index contributed by atoms with van der Waals surface area (Å²) in [6.45, 7) is 6.93. The highest BCUT2D eigenvalue weighted by molar-refractivity contribution is 5.60. The lowest BCUT2D eigenvalue weighted by atomic mass is 10.1. The maximum absolute atomic E-state index is 5.47. The minimum atomic E-state index is 0.720. The number of anilines is 1. The summed E-state index contributed by atoms with van der Waals surface area (Å²) in [5, 5.41) is 3.47. The highest BCUT2D eigenvalue weighted by Crippen LogP contribution is 2.30. The van der Waals surface area contributed by atoms with Crippen molar-refractivity contribution in [3.63, 3.8) is 0 Å². The summed E-state index contributed by atoms with van der Waals surface area (Å²) < 4.78 is 10.9. The molecule has 0 saturated carbocycles. The molecule has 0 unspecified atom stereocenters. The number of rotatable bonds is 5. The average Bonchev–Trinajstić information content (AvgIpc) is 2.47. The predicted octanol–water partition coefficient (Wildman–Crippen LogP) is 4.24. The molecule has 0 radical (unpaired) electrons. The van der Waals surface area contributed by atoms with Crippen molar-refractivity contribution in [3.05, 3.63) is 52.6 Å². The molecule has 0 spiro atoms. The van der Waals surface area contributed by atoms with Crippen molar-refractivity contribution in [3.8, 4) is 11.5 Å². The molecule has 0 aliphatic carbocycles. The second-order valence-electron chi connectivity index (χ2n) is 5.26. The molecule has 0 atom stereocenters. The van der Waals surface area contributed by atoms with E-state index in [0.29, 0.717) is 0 Å². The van der Waals surface area contributed by atoms with Gasteiger partial charge >= 0.3 is 0 Å². The van der Waals surface area contributed by atoms with Crippen LogP contribution in [0.3, 0.4) is 0 Å². The molecule has 0 aliphatic rings. The van der Waals surface area contributed by atoms with Gasteiger partial charge in [0, 0.05) is 23.4 Å². The number of ether oxygens (including phenoxy) is 2. The molecule has 3 heteroatoms. The van der Waals surface area contributed by atoms with Crippen molar-refractivity contribution in [2.24, 2.45) is 0 Å². The molecule has 2 aromatic carbocycles. The SMILES string of the molecule is COc1ccc(C)cc1CNc1ccc(C)c(OC)c1C. The van der Waals surface area contributed by atoms with Gasteiger partial charge in [0.15, 0.2) is 0 Å². The zero-order valence-electron chi connectivity index (χ0n) is 13.4. The molecule has 0 bridgehead atoms. The fourth-order valence-electron chi connectivity index (χ4n) is 2.57. The van der Waals surface area contributed by atoms with Crippen LogP contribution in [0.25, 0.3) is 0 Å². The number of benzene rings is 2. The molecule has 0 amide bonds. The average molecular weight is 285 g/mol. The molecular weight excluding hydrogens is 262 g/mol. The van der Waals surface area contributed by atoms with E-state index >= 15 is 0 Å². The van der Waals surface area contributed by atoms with Crippen molar-refractivity contribution in [1.29, 1.82) is 0 Å². The van der Waals surface area contributed by atoms with E-state index in [9.17, 15) is 0 Å².